The Morgan fingerprint density at radius 3 is 3.05 bits per heavy atom. The Balaban J connectivity index is 2.04. The molecule has 2 N–H and O–H groups in total. The number of thioether (sulfide) groups is 1. The van der Waals surface area contributed by atoms with E-state index in [1.165, 1.54) is 0 Å². The maximum Gasteiger partial charge on any atom is 0.286 e. The molecule has 0 fully saturated rings. The molecule has 2 heterocycles. The Morgan fingerprint density at radius 1 is 1.50 bits per heavy atom. The second-order valence-electron chi connectivity index (χ2n) is 4.64. The number of methoxy groups -OCH3 is 1. The van der Waals surface area contributed by atoms with E-state index in [2.05, 4.69) is 15.3 Å². The normalized spacial score (nSPS) is 16.0. The average Bonchev–Trinajstić information content (AvgIpc) is 3.00. The topological polar surface area (TPSA) is 90.3 Å². The van der Waals surface area contributed by atoms with E-state index in [9.17, 15) is 4.79 Å². The largest absolute Gasteiger partial charge is 0.497 e. The third kappa shape index (κ3) is 2.44. The maximum atomic E-state index is 11.9. The predicted octanol–water partition coefficient (Wildman–Crippen LogP) is 2.53. The predicted molar refractivity (Wildman–Crippen MR) is 86.3 cm³/mol. The molecule has 1 aliphatic heterocycles. The van der Waals surface area contributed by atoms with Crippen molar-refractivity contribution in [2.75, 3.05) is 7.11 Å². The summed E-state index contributed by atoms with van der Waals surface area (Å²) < 4.78 is 5.25. The molecule has 0 unspecified atom stereocenters. The van der Waals surface area contributed by atoms with Gasteiger partial charge in [-0.1, -0.05) is 0 Å². The fourth-order valence-corrected chi connectivity index (χ4v) is 3.02. The molecule has 0 bridgehead atoms. The Kier molecular flexibility index (Phi) is 3.61. The zero-order chi connectivity index (χ0) is 15.7. The van der Waals surface area contributed by atoms with Crippen LogP contribution in [0, 0.1) is 18.4 Å². The van der Waals surface area contributed by atoms with Crippen LogP contribution >= 0.6 is 11.8 Å². The molecule has 7 heteroatoms. The lowest BCUT2D eigenvalue weighted by Gasteiger charge is -2.00. The summed E-state index contributed by atoms with van der Waals surface area (Å²) in [7, 11) is 1.61. The lowest BCUT2D eigenvalue weighted by Crippen LogP contribution is -2.10. The van der Waals surface area contributed by atoms with E-state index in [0.29, 0.717) is 10.1 Å². The van der Waals surface area contributed by atoms with Crippen molar-refractivity contribution in [2.24, 2.45) is 4.99 Å². The van der Waals surface area contributed by atoms with E-state index in [1.54, 1.807) is 19.4 Å². The lowest BCUT2D eigenvalue weighted by molar-refractivity contribution is -0.113. The van der Waals surface area contributed by atoms with Crippen molar-refractivity contribution in [3.63, 3.8) is 0 Å². The molecule has 2 aromatic rings. The van der Waals surface area contributed by atoms with Gasteiger partial charge in [0.05, 0.1) is 12.0 Å². The van der Waals surface area contributed by atoms with Crippen LogP contribution in [0.3, 0.4) is 0 Å². The summed E-state index contributed by atoms with van der Waals surface area (Å²) >= 11 is 1.15. The molecule has 22 heavy (non-hydrogen) atoms. The first kappa shape index (κ1) is 14.2. The molecule has 1 amide bonds. The van der Waals surface area contributed by atoms with Crippen LogP contribution in [-0.2, 0) is 4.79 Å². The minimum absolute atomic E-state index is 0.300. The average molecular weight is 312 g/mol. The number of rotatable bonds is 2. The third-order valence-electron chi connectivity index (χ3n) is 3.30. The Hall–Kier alpha value is -2.72. The van der Waals surface area contributed by atoms with Crippen LogP contribution in [0.4, 0.5) is 0 Å². The summed E-state index contributed by atoms with van der Waals surface area (Å²) in [5, 5.41) is 12.2. The van der Waals surface area contributed by atoms with Crippen LogP contribution in [0.2, 0.25) is 0 Å². The van der Waals surface area contributed by atoms with E-state index in [1.807, 2.05) is 25.1 Å². The molecular weight excluding hydrogens is 300 g/mol. The first-order valence-corrected chi connectivity index (χ1v) is 7.28. The lowest BCUT2D eigenvalue weighted by atomic mass is 10.1. The van der Waals surface area contributed by atoms with Gasteiger partial charge < -0.3 is 9.72 Å². The van der Waals surface area contributed by atoms with E-state index >= 15 is 0 Å². The highest BCUT2D eigenvalue weighted by atomic mass is 32.2. The smallest absolute Gasteiger partial charge is 0.286 e. The number of carbonyl (C=O) groups excluding carboxylic acids is 1. The highest BCUT2D eigenvalue weighted by Crippen LogP contribution is 2.32. The van der Waals surface area contributed by atoms with Crippen LogP contribution in [0.1, 0.15) is 11.3 Å². The van der Waals surface area contributed by atoms with E-state index in [0.717, 1.165) is 39.7 Å². The third-order valence-corrected chi connectivity index (χ3v) is 4.20. The van der Waals surface area contributed by atoms with Gasteiger partial charge in [0.15, 0.2) is 11.4 Å². The minimum atomic E-state index is -0.348. The van der Waals surface area contributed by atoms with Gasteiger partial charge in [-0.3, -0.25) is 10.1 Å². The highest BCUT2D eigenvalue weighted by Gasteiger charge is 2.22. The molecule has 0 spiro atoms. The van der Waals surface area contributed by atoms with Gasteiger partial charge in [-0.2, -0.15) is 10.3 Å². The number of aryl methyl sites for hydroxylation is 1. The van der Waals surface area contributed by atoms with Crippen molar-refractivity contribution >= 4 is 39.8 Å². The summed E-state index contributed by atoms with van der Waals surface area (Å²) in [4.78, 5) is 19.4. The van der Waals surface area contributed by atoms with Gasteiger partial charge in [-0.15, -0.1) is 0 Å². The standard InChI is InChI=1S/C15H12N4O2S/c1-8-10(6-13-14(20)19-15(22-13)17-7-16)11-5-9(21-2)3-4-12(11)18-8/h3-6,18H,1-2H3,(H,17,19,20)/b13-6+. The fraction of sp³-hybridized carbons (Fsp3) is 0.133. The number of aromatic amines is 1. The first-order valence-electron chi connectivity index (χ1n) is 6.46. The summed E-state index contributed by atoms with van der Waals surface area (Å²) in [5.74, 6) is 0.402. The number of H-pyrrole nitrogens is 1. The van der Waals surface area contributed by atoms with Crippen LogP contribution in [0.25, 0.3) is 17.0 Å². The van der Waals surface area contributed by atoms with Gasteiger partial charge in [0.1, 0.15) is 5.75 Å². The number of amides is 1. The number of ether oxygens (including phenoxy) is 1. The number of nitrogens with zero attached hydrogens (tertiary/aromatic N) is 2. The van der Waals surface area contributed by atoms with E-state index < -0.39 is 0 Å². The zero-order valence-corrected chi connectivity index (χ0v) is 12.7. The number of nitriles is 1. The van der Waals surface area contributed by atoms with Gasteiger partial charge in [0.2, 0.25) is 0 Å². The Labute approximate surface area is 130 Å². The summed E-state index contributed by atoms with van der Waals surface area (Å²) in [5.41, 5.74) is 2.83. The second-order valence-corrected chi connectivity index (χ2v) is 5.68. The SMILES string of the molecule is COc1ccc2[nH]c(C)c(/C=C3/SC(NC#N)=NC3=O)c2c1. The monoisotopic (exact) mass is 312 g/mol. The number of fused-ring (bicyclic) bond motifs is 1. The van der Waals surface area contributed by atoms with Gasteiger partial charge in [0, 0.05) is 22.2 Å². The maximum absolute atomic E-state index is 11.9. The molecule has 1 aliphatic rings. The number of aromatic nitrogens is 1. The second kappa shape index (κ2) is 5.58. The van der Waals surface area contributed by atoms with Crippen molar-refractivity contribution in [1.82, 2.24) is 10.3 Å². The first-order chi connectivity index (χ1) is 10.6. The Morgan fingerprint density at radius 2 is 2.32 bits per heavy atom. The van der Waals surface area contributed by atoms with Crippen molar-refractivity contribution in [1.29, 1.82) is 5.26 Å². The molecule has 1 aromatic heterocycles. The number of carbonyl (C=O) groups is 1. The summed E-state index contributed by atoms with van der Waals surface area (Å²) in [6.07, 6.45) is 3.55. The van der Waals surface area contributed by atoms with Gasteiger partial charge in [-0.25, -0.2) is 0 Å². The van der Waals surface area contributed by atoms with E-state index in [-0.39, 0.29) is 5.91 Å². The molecule has 1 aromatic carbocycles. The van der Waals surface area contributed by atoms with Crippen LogP contribution in [0.5, 0.6) is 5.75 Å². The van der Waals surface area contributed by atoms with Crippen molar-refractivity contribution in [2.45, 2.75) is 6.92 Å². The number of nitrogens with one attached hydrogen (secondary N) is 2. The molecule has 0 saturated heterocycles. The highest BCUT2D eigenvalue weighted by molar-refractivity contribution is 8.18. The summed E-state index contributed by atoms with van der Waals surface area (Å²) in [6.45, 7) is 1.94. The molecule has 6 nitrogen and oxygen atoms in total. The number of amidine groups is 1. The number of hydrogen-bond donors (Lipinski definition) is 2. The number of aliphatic imine (C=N–C) groups is 1. The van der Waals surface area contributed by atoms with Gasteiger partial charge in [0.25, 0.3) is 5.91 Å². The Bertz CT molecular complexity index is 874. The number of benzene rings is 1. The van der Waals surface area contributed by atoms with Crippen LogP contribution in [-0.4, -0.2) is 23.2 Å². The van der Waals surface area contributed by atoms with Crippen LogP contribution in [0.15, 0.2) is 28.1 Å². The minimum Gasteiger partial charge on any atom is -0.497 e. The van der Waals surface area contributed by atoms with Gasteiger partial charge >= 0.3 is 0 Å². The van der Waals surface area contributed by atoms with Crippen molar-refractivity contribution in [3.8, 4) is 11.9 Å². The molecule has 0 radical (unpaired) electrons. The van der Waals surface area contributed by atoms with Gasteiger partial charge in [-0.05, 0) is 43.0 Å². The molecule has 0 aliphatic carbocycles. The van der Waals surface area contributed by atoms with Crippen molar-refractivity contribution < 1.29 is 9.53 Å². The van der Waals surface area contributed by atoms with E-state index in [4.69, 9.17) is 10.00 Å². The van der Waals surface area contributed by atoms with Crippen molar-refractivity contribution in [3.05, 3.63) is 34.4 Å². The quantitative estimate of drug-likeness (QED) is 0.505. The number of hydrogen-bond acceptors (Lipinski definition) is 5. The molecule has 0 atom stereocenters. The fourth-order valence-electron chi connectivity index (χ4n) is 2.28. The molecule has 110 valence electrons. The molecular formula is C15H12N4O2S. The zero-order valence-electron chi connectivity index (χ0n) is 11.9. The summed E-state index contributed by atoms with van der Waals surface area (Å²) in [6, 6.07) is 5.74. The molecule has 0 saturated carbocycles. The molecule has 3 rings (SSSR count). The van der Waals surface area contributed by atoms with Crippen LogP contribution < -0.4 is 10.1 Å².